The van der Waals surface area contributed by atoms with E-state index >= 15 is 0 Å². The van der Waals surface area contributed by atoms with E-state index in [2.05, 4.69) is 16.8 Å². The molecule has 1 aromatic rings. The lowest BCUT2D eigenvalue weighted by Crippen LogP contribution is -2.43. The molecule has 0 aromatic carbocycles. The highest BCUT2D eigenvalue weighted by atomic mass is 16.5. The van der Waals surface area contributed by atoms with Gasteiger partial charge in [0.05, 0.1) is 13.2 Å². The summed E-state index contributed by atoms with van der Waals surface area (Å²) < 4.78 is 6.24. The van der Waals surface area contributed by atoms with Crippen LogP contribution in [-0.4, -0.2) is 41.2 Å². The summed E-state index contributed by atoms with van der Waals surface area (Å²) in [7, 11) is 0. The Hall–Kier alpha value is -1.89. The molecule has 7 heteroatoms. The Balaban J connectivity index is 2.39. The monoisotopic (exact) mass is 237 g/mol. The minimum atomic E-state index is -0.381. The van der Waals surface area contributed by atoms with Crippen LogP contribution in [0.15, 0.2) is 11.4 Å². The normalized spacial score (nSPS) is 15.9. The molecule has 1 aliphatic heterocycles. The second-order valence-electron chi connectivity index (χ2n) is 3.90. The molecule has 0 spiro atoms. The largest absolute Gasteiger partial charge is 0.378 e. The van der Waals surface area contributed by atoms with Gasteiger partial charge in [-0.3, -0.25) is 4.79 Å². The van der Waals surface area contributed by atoms with Crippen molar-refractivity contribution >= 4 is 11.5 Å². The lowest BCUT2D eigenvalue weighted by Gasteiger charge is -2.27. The van der Waals surface area contributed by atoms with Gasteiger partial charge in [0, 0.05) is 13.1 Å². The molecule has 0 unspecified atom stereocenters. The standard InChI is InChI=1S/C10H15N5O2/c1-7(2)8-9(16)15(11)10(13-12-8)14-3-5-17-6-4-14/h1,3-6,11H2,2H3. The van der Waals surface area contributed by atoms with Crippen LogP contribution in [0.25, 0.3) is 5.57 Å². The molecule has 2 rings (SSSR count). The number of ether oxygens (including phenoxy) is 1. The van der Waals surface area contributed by atoms with E-state index in [0.717, 1.165) is 4.68 Å². The molecule has 92 valence electrons. The zero-order valence-electron chi connectivity index (χ0n) is 9.72. The van der Waals surface area contributed by atoms with Crippen LogP contribution in [0.5, 0.6) is 0 Å². The summed E-state index contributed by atoms with van der Waals surface area (Å²) in [4.78, 5) is 13.8. The van der Waals surface area contributed by atoms with Crippen LogP contribution in [0.3, 0.4) is 0 Å². The van der Waals surface area contributed by atoms with Gasteiger partial charge in [0.15, 0.2) is 5.69 Å². The van der Waals surface area contributed by atoms with Crippen LogP contribution < -0.4 is 16.3 Å². The zero-order chi connectivity index (χ0) is 12.4. The van der Waals surface area contributed by atoms with Crippen LogP contribution in [-0.2, 0) is 4.74 Å². The molecule has 0 saturated carbocycles. The molecule has 1 aliphatic rings. The van der Waals surface area contributed by atoms with Crippen molar-refractivity contribution in [1.29, 1.82) is 0 Å². The minimum absolute atomic E-state index is 0.199. The molecule has 1 aromatic heterocycles. The fourth-order valence-electron chi connectivity index (χ4n) is 1.64. The van der Waals surface area contributed by atoms with Crippen LogP contribution in [0.2, 0.25) is 0 Å². The third kappa shape index (κ3) is 2.14. The molecule has 17 heavy (non-hydrogen) atoms. The maximum Gasteiger partial charge on any atom is 0.299 e. The average Bonchev–Trinajstić information content (AvgIpc) is 2.33. The van der Waals surface area contributed by atoms with E-state index in [4.69, 9.17) is 10.6 Å². The van der Waals surface area contributed by atoms with Crippen molar-refractivity contribution in [1.82, 2.24) is 14.9 Å². The smallest absolute Gasteiger partial charge is 0.299 e. The number of anilines is 1. The Morgan fingerprint density at radius 3 is 2.65 bits per heavy atom. The Labute approximate surface area is 98.5 Å². The summed E-state index contributed by atoms with van der Waals surface area (Å²) in [5.41, 5.74) is 0.369. The molecule has 1 saturated heterocycles. The number of hydrogen-bond donors (Lipinski definition) is 1. The summed E-state index contributed by atoms with van der Waals surface area (Å²) in [5.74, 6) is 6.09. The lowest BCUT2D eigenvalue weighted by molar-refractivity contribution is 0.121. The molecular weight excluding hydrogens is 222 g/mol. The first kappa shape index (κ1) is 11.6. The van der Waals surface area contributed by atoms with E-state index in [9.17, 15) is 4.79 Å². The summed E-state index contributed by atoms with van der Waals surface area (Å²) in [6.07, 6.45) is 0. The van der Waals surface area contributed by atoms with Crippen molar-refractivity contribution < 1.29 is 4.74 Å². The number of aromatic nitrogens is 3. The maximum atomic E-state index is 11.9. The summed E-state index contributed by atoms with van der Waals surface area (Å²) in [6.45, 7) is 7.85. The van der Waals surface area contributed by atoms with Crippen LogP contribution in [0.1, 0.15) is 12.6 Å². The van der Waals surface area contributed by atoms with Gasteiger partial charge in [-0.15, -0.1) is 10.2 Å². The second kappa shape index (κ2) is 4.54. The number of allylic oxidation sites excluding steroid dienone is 1. The quantitative estimate of drug-likeness (QED) is 0.679. The lowest BCUT2D eigenvalue weighted by atomic mass is 10.3. The van der Waals surface area contributed by atoms with E-state index in [1.165, 1.54) is 0 Å². The van der Waals surface area contributed by atoms with E-state index < -0.39 is 0 Å². The van der Waals surface area contributed by atoms with Gasteiger partial charge < -0.3 is 15.5 Å². The molecule has 0 bridgehead atoms. The highest BCUT2D eigenvalue weighted by Crippen LogP contribution is 2.09. The van der Waals surface area contributed by atoms with E-state index in [0.29, 0.717) is 37.8 Å². The van der Waals surface area contributed by atoms with E-state index in [-0.39, 0.29) is 11.3 Å². The topological polar surface area (TPSA) is 86.3 Å². The van der Waals surface area contributed by atoms with E-state index in [1.807, 2.05) is 4.90 Å². The van der Waals surface area contributed by atoms with Crippen molar-refractivity contribution in [2.45, 2.75) is 6.92 Å². The van der Waals surface area contributed by atoms with Crippen molar-refractivity contribution in [3.63, 3.8) is 0 Å². The molecule has 0 amide bonds. The van der Waals surface area contributed by atoms with Crippen LogP contribution in [0, 0.1) is 0 Å². The summed E-state index contributed by atoms with van der Waals surface area (Å²) in [5, 5.41) is 7.85. The maximum absolute atomic E-state index is 11.9. The number of hydrogen-bond acceptors (Lipinski definition) is 6. The molecule has 0 aliphatic carbocycles. The Bertz CT molecular complexity index is 490. The first-order valence-electron chi connectivity index (χ1n) is 5.34. The fraction of sp³-hybridized carbons (Fsp3) is 0.500. The second-order valence-corrected chi connectivity index (χ2v) is 3.90. The first-order valence-corrected chi connectivity index (χ1v) is 5.34. The molecule has 1 fully saturated rings. The van der Waals surface area contributed by atoms with Crippen molar-refractivity contribution in [3.8, 4) is 0 Å². The van der Waals surface area contributed by atoms with Crippen molar-refractivity contribution in [2.24, 2.45) is 0 Å². The van der Waals surface area contributed by atoms with Gasteiger partial charge in [-0.05, 0) is 12.5 Å². The summed E-state index contributed by atoms with van der Waals surface area (Å²) >= 11 is 0. The molecule has 2 heterocycles. The third-order valence-electron chi connectivity index (χ3n) is 2.57. The fourth-order valence-corrected chi connectivity index (χ4v) is 1.64. The number of nitrogen functional groups attached to an aromatic ring is 1. The highest BCUT2D eigenvalue weighted by molar-refractivity contribution is 5.56. The van der Waals surface area contributed by atoms with Crippen molar-refractivity contribution in [3.05, 3.63) is 22.6 Å². The summed E-state index contributed by atoms with van der Waals surface area (Å²) in [6, 6.07) is 0. The van der Waals surface area contributed by atoms with Gasteiger partial charge in [0.25, 0.3) is 5.56 Å². The molecular formula is C10H15N5O2. The SMILES string of the molecule is C=C(C)c1nnc(N2CCOCC2)n(N)c1=O. The first-order chi connectivity index (χ1) is 8.11. The van der Waals surface area contributed by atoms with Gasteiger partial charge in [-0.1, -0.05) is 6.58 Å². The van der Waals surface area contributed by atoms with Crippen LogP contribution >= 0.6 is 0 Å². The van der Waals surface area contributed by atoms with Crippen LogP contribution in [0.4, 0.5) is 5.95 Å². The van der Waals surface area contributed by atoms with Gasteiger partial charge in [0.2, 0.25) is 5.95 Å². The predicted octanol–water partition coefficient (Wildman–Crippen LogP) is -0.778. The molecule has 2 N–H and O–H groups in total. The minimum Gasteiger partial charge on any atom is -0.378 e. The molecule has 7 nitrogen and oxygen atoms in total. The zero-order valence-corrected chi connectivity index (χ0v) is 9.72. The van der Waals surface area contributed by atoms with E-state index in [1.54, 1.807) is 6.92 Å². The number of morpholine rings is 1. The third-order valence-corrected chi connectivity index (χ3v) is 2.57. The van der Waals surface area contributed by atoms with Crippen molar-refractivity contribution in [2.75, 3.05) is 37.0 Å². The Kier molecular flexibility index (Phi) is 3.10. The number of nitrogens with zero attached hydrogens (tertiary/aromatic N) is 4. The van der Waals surface area contributed by atoms with Gasteiger partial charge in [-0.25, -0.2) is 0 Å². The number of nitrogens with two attached hydrogens (primary N) is 1. The average molecular weight is 237 g/mol. The Morgan fingerprint density at radius 1 is 1.41 bits per heavy atom. The van der Waals surface area contributed by atoms with Gasteiger partial charge >= 0.3 is 0 Å². The van der Waals surface area contributed by atoms with Gasteiger partial charge in [0.1, 0.15) is 0 Å². The molecule has 0 atom stereocenters. The predicted molar refractivity (Wildman–Crippen MR) is 64.2 cm³/mol. The molecule has 0 radical (unpaired) electrons. The number of rotatable bonds is 2. The Morgan fingerprint density at radius 2 is 2.06 bits per heavy atom. The van der Waals surface area contributed by atoms with Gasteiger partial charge in [-0.2, -0.15) is 4.68 Å². The highest BCUT2D eigenvalue weighted by Gasteiger charge is 2.18.